The molecule has 1 aliphatic carbocycles. The van der Waals surface area contributed by atoms with Gasteiger partial charge in [-0.15, -0.1) is 0 Å². The zero-order valence-electron chi connectivity index (χ0n) is 26.2. The number of piperidine rings is 1. The summed E-state index contributed by atoms with van der Waals surface area (Å²) in [5, 5.41) is 19.0. The van der Waals surface area contributed by atoms with Crippen molar-refractivity contribution in [3.63, 3.8) is 0 Å². The minimum atomic E-state index is -0.0136. The van der Waals surface area contributed by atoms with Crippen molar-refractivity contribution in [1.82, 2.24) is 34.9 Å². The number of aromatic nitrogens is 4. The zero-order chi connectivity index (χ0) is 30.7. The van der Waals surface area contributed by atoms with Crippen molar-refractivity contribution in [2.45, 2.75) is 51.1 Å². The molecule has 1 spiro atoms. The second-order valence-electron chi connectivity index (χ2n) is 13.9. The molecule has 5 aliphatic rings. The number of fused-ring (bicyclic) bond motifs is 1. The summed E-state index contributed by atoms with van der Waals surface area (Å²) in [5.74, 6) is 1.40. The van der Waals surface area contributed by atoms with Crippen LogP contribution in [0.3, 0.4) is 0 Å². The van der Waals surface area contributed by atoms with Gasteiger partial charge in [0.15, 0.2) is 5.82 Å². The van der Waals surface area contributed by atoms with Gasteiger partial charge in [-0.05, 0) is 56.7 Å². The topological polar surface area (TPSA) is 112 Å². The summed E-state index contributed by atoms with van der Waals surface area (Å²) in [6.07, 6.45) is 9.14. The Labute approximate surface area is 264 Å². The Kier molecular flexibility index (Phi) is 7.02. The molecule has 1 N–H and O–H groups in total. The number of nitriles is 1. The molecule has 45 heavy (non-hydrogen) atoms. The van der Waals surface area contributed by atoms with Gasteiger partial charge >= 0.3 is 0 Å². The standard InChI is InChI=1S/C34H42N10O/c1-3-29(45)44-21-34(22-44)10-13-43(20-34)32-26(18-35)31(30-23(2)4-7-28-27(30)19-36-39-28)37-33(38-32)42-11-8-25(9-12-42)41-16-14-40(15-17-41)24-5-6-24/h3-4,7,19,24-25H,1,5-6,8-17,20-22H2,2H3,(H,36,39). The Morgan fingerprint density at radius 2 is 1.69 bits per heavy atom. The van der Waals surface area contributed by atoms with E-state index in [1.165, 1.54) is 45.1 Å². The highest BCUT2D eigenvalue weighted by Crippen LogP contribution is 2.44. The molecule has 5 fully saturated rings. The molecule has 4 aliphatic heterocycles. The Balaban J connectivity index is 1.10. The van der Waals surface area contributed by atoms with Crippen LogP contribution in [0.15, 0.2) is 31.0 Å². The van der Waals surface area contributed by atoms with Gasteiger partial charge in [0.1, 0.15) is 11.6 Å². The molecule has 11 nitrogen and oxygen atoms in total. The number of benzene rings is 1. The molecule has 234 valence electrons. The molecule has 0 atom stereocenters. The SMILES string of the molecule is C=CC(=O)N1CC2(CCN(c3nc(N4CCC(N5CCN(C6CC6)CC5)CC4)nc(-c4c(C)ccc5[nH]ncc45)c3C#N)C2)C1. The lowest BCUT2D eigenvalue weighted by Gasteiger charge is -2.47. The van der Waals surface area contributed by atoms with Crippen LogP contribution < -0.4 is 9.80 Å². The van der Waals surface area contributed by atoms with E-state index in [4.69, 9.17) is 9.97 Å². The maximum Gasteiger partial charge on any atom is 0.245 e. The molecule has 3 aromatic rings. The highest BCUT2D eigenvalue weighted by Gasteiger charge is 2.49. The number of nitrogens with one attached hydrogen (secondary N) is 1. The number of nitrogens with zero attached hydrogens (tertiary/aromatic N) is 9. The van der Waals surface area contributed by atoms with E-state index in [9.17, 15) is 10.1 Å². The maximum absolute atomic E-state index is 12.2. The van der Waals surface area contributed by atoms with Crippen molar-refractivity contribution < 1.29 is 4.79 Å². The summed E-state index contributed by atoms with van der Waals surface area (Å²) < 4.78 is 0. The first-order valence-electron chi connectivity index (χ1n) is 16.6. The third-order valence-corrected chi connectivity index (χ3v) is 11.0. The number of carbonyl (C=O) groups is 1. The van der Waals surface area contributed by atoms with Gasteiger partial charge < -0.3 is 14.7 Å². The summed E-state index contributed by atoms with van der Waals surface area (Å²) in [7, 11) is 0. The second-order valence-corrected chi connectivity index (χ2v) is 13.9. The van der Waals surface area contributed by atoms with Crippen LogP contribution >= 0.6 is 0 Å². The predicted molar refractivity (Wildman–Crippen MR) is 174 cm³/mol. The number of amides is 1. The molecular weight excluding hydrogens is 564 g/mol. The third kappa shape index (κ3) is 5.04. The molecule has 8 rings (SSSR count). The van der Waals surface area contributed by atoms with Gasteiger partial charge in [0, 0.05) is 93.9 Å². The Bertz CT molecular complexity index is 1670. The van der Waals surface area contributed by atoms with E-state index >= 15 is 0 Å². The van der Waals surface area contributed by atoms with Crippen LogP contribution in [0.25, 0.3) is 22.2 Å². The molecule has 0 bridgehead atoms. The number of carbonyl (C=O) groups excluding carboxylic acids is 1. The number of hydrogen-bond acceptors (Lipinski definition) is 9. The summed E-state index contributed by atoms with van der Waals surface area (Å²) in [6.45, 7) is 15.3. The Morgan fingerprint density at radius 3 is 2.36 bits per heavy atom. The number of rotatable bonds is 6. The number of anilines is 2. The number of piperazine rings is 1. The zero-order valence-corrected chi connectivity index (χ0v) is 26.2. The van der Waals surface area contributed by atoms with E-state index in [0.717, 1.165) is 86.6 Å². The molecule has 1 saturated carbocycles. The van der Waals surface area contributed by atoms with Gasteiger partial charge in [0.25, 0.3) is 0 Å². The predicted octanol–water partition coefficient (Wildman–Crippen LogP) is 3.17. The summed E-state index contributed by atoms with van der Waals surface area (Å²) >= 11 is 0. The molecule has 0 radical (unpaired) electrons. The van der Waals surface area contributed by atoms with Crippen LogP contribution in [0, 0.1) is 23.7 Å². The molecule has 4 saturated heterocycles. The minimum Gasteiger partial charge on any atom is -0.355 e. The normalized spacial score (nSPS) is 22.6. The lowest BCUT2D eigenvalue weighted by molar-refractivity contribution is -0.136. The van der Waals surface area contributed by atoms with E-state index in [2.05, 4.69) is 55.4 Å². The first kappa shape index (κ1) is 28.5. The van der Waals surface area contributed by atoms with Crippen LogP contribution in [0.4, 0.5) is 11.8 Å². The number of aromatic amines is 1. The maximum atomic E-state index is 12.2. The van der Waals surface area contributed by atoms with E-state index in [0.29, 0.717) is 29.1 Å². The first-order valence-corrected chi connectivity index (χ1v) is 16.6. The number of aryl methyl sites for hydroxylation is 1. The average molecular weight is 607 g/mol. The van der Waals surface area contributed by atoms with Gasteiger partial charge in [-0.25, -0.2) is 4.98 Å². The van der Waals surface area contributed by atoms with E-state index in [-0.39, 0.29) is 11.3 Å². The highest BCUT2D eigenvalue weighted by molar-refractivity contribution is 5.97. The average Bonchev–Trinajstić information content (AvgIpc) is 3.63. The highest BCUT2D eigenvalue weighted by atomic mass is 16.2. The second kappa shape index (κ2) is 11.1. The number of H-pyrrole nitrogens is 1. The van der Waals surface area contributed by atoms with Gasteiger partial charge in [0.05, 0.1) is 17.4 Å². The monoisotopic (exact) mass is 606 g/mol. The first-order chi connectivity index (χ1) is 21.9. The smallest absolute Gasteiger partial charge is 0.245 e. The molecule has 6 heterocycles. The van der Waals surface area contributed by atoms with Crippen LogP contribution in [-0.4, -0.2) is 118 Å². The van der Waals surface area contributed by atoms with Crippen LogP contribution in [0.5, 0.6) is 0 Å². The largest absolute Gasteiger partial charge is 0.355 e. The summed E-state index contributed by atoms with van der Waals surface area (Å²) in [5.41, 5.74) is 4.12. The van der Waals surface area contributed by atoms with Gasteiger partial charge in [0.2, 0.25) is 11.9 Å². The van der Waals surface area contributed by atoms with Crippen molar-refractivity contribution in [2.75, 3.05) is 75.2 Å². The fourth-order valence-electron chi connectivity index (χ4n) is 8.29. The number of hydrogen-bond donors (Lipinski definition) is 1. The fourth-order valence-corrected chi connectivity index (χ4v) is 8.29. The van der Waals surface area contributed by atoms with E-state index in [1.54, 1.807) is 0 Å². The fraction of sp³-hybridized carbons (Fsp3) is 0.559. The minimum absolute atomic E-state index is 0.0136. The Morgan fingerprint density at radius 1 is 0.978 bits per heavy atom. The molecular formula is C34H42N10O. The molecule has 11 heteroatoms. The third-order valence-electron chi connectivity index (χ3n) is 11.0. The van der Waals surface area contributed by atoms with Crippen LogP contribution in [-0.2, 0) is 4.79 Å². The number of likely N-dealkylation sites (tertiary alicyclic amines) is 1. The summed E-state index contributed by atoms with van der Waals surface area (Å²) in [4.78, 5) is 34.4. The molecule has 2 aromatic heterocycles. The van der Waals surface area contributed by atoms with E-state index in [1.807, 2.05) is 17.2 Å². The van der Waals surface area contributed by atoms with Crippen molar-refractivity contribution in [1.29, 1.82) is 5.26 Å². The van der Waals surface area contributed by atoms with Crippen molar-refractivity contribution in [2.24, 2.45) is 5.41 Å². The van der Waals surface area contributed by atoms with Crippen LogP contribution in [0.1, 0.15) is 43.2 Å². The Hall–Kier alpha value is -4.01. The summed E-state index contributed by atoms with van der Waals surface area (Å²) in [6, 6.07) is 8.06. The molecule has 1 aromatic carbocycles. The molecule has 1 amide bonds. The lowest BCUT2D eigenvalue weighted by Crippen LogP contribution is -2.59. The van der Waals surface area contributed by atoms with Crippen molar-refractivity contribution in [3.8, 4) is 17.3 Å². The van der Waals surface area contributed by atoms with Crippen LogP contribution in [0.2, 0.25) is 0 Å². The van der Waals surface area contributed by atoms with E-state index < -0.39 is 0 Å². The van der Waals surface area contributed by atoms with Crippen molar-refractivity contribution >= 4 is 28.6 Å². The van der Waals surface area contributed by atoms with Gasteiger partial charge in [-0.3, -0.25) is 19.7 Å². The molecule has 0 unspecified atom stereocenters. The van der Waals surface area contributed by atoms with Gasteiger partial charge in [-0.1, -0.05) is 12.6 Å². The van der Waals surface area contributed by atoms with Gasteiger partial charge in [-0.2, -0.15) is 15.3 Å². The van der Waals surface area contributed by atoms with Crippen molar-refractivity contribution in [3.05, 3.63) is 42.1 Å². The lowest BCUT2D eigenvalue weighted by atomic mass is 9.79. The quantitative estimate of drug-likeness (QED) is 0.423.